The predicted molar refractivity (Wildman–Crippen MR) is 337 cm³/mol. The van der Waals surface area contributed by atoms with Gasteiger partial charge in [0, 0.05) is 44.5 Å². The van der Waals surface area contributed by atoms with Gasteiger partial charge in [-0.25, -0.2) is 152 Å². The van der Waals surface area contributed by atoms with Gasteiger partial charge in [-0.3, -0.25) is 9.98 Å². The van der Waals surface area contributed by atoms with Crippen molar-refractivity contribution >= 4 is 73.4 Å². The minimum absolute atomic E-state index is 0.475. The topological polar surface area (TPSA) is 102 Å². The number of nitrogens with zero attached hydrogens (tertiary/aromatic N) is 6. The predicted octanol–water partition coefficient (Wildman–Crippen LogP) is 17.5. The number of halogens is 30. The van der Waals surface area contributed by atoms with Gasteiger partial charge in [-0.15, -0.1) is 0 Å². The summed E-state index contributed by atoms with van der Waals surface area (Å²) in [5, 5.41) is 0.851. The van der Waals surface area contributed by atoms with Gasteiger partial charge >= 0.3 is 0 Å². The summed E-state index contributed by atoms with van der Waals surface area (Å²) in [6, 6.07) is -2.67. The molecule has 2 atom stereocenters. The number of H-pyrrole nitrogens is 1. The molecule has 8 nitrogen and oxygen atoms in total. The number of fused-ring (bicyclic) bond motifs is 11. The number of benzene rings is 6. The summed E-state index contributed by atoms with van der Waals surface area (Å²) in [7, 11) is 0. The molecule has 2 N–H and O–H groups in total. The molecule has 0 fully saturated rings. The number of allylic oxidation sites excluding steroid dienone is 15. The molecule has 0 saturated heterocycles. The quantitative estimate of drug-likeness (QED) is 0.0967. The number of nitrogens with one attached hydrogen (secondary N) is 2. The maximum absolute atomic E-state index is 16.5. The second-order valence-electron chi connectivity index (χ2n) is 24.1. The zero-order valence-corrected chi connectivity index (χ0v) is 53.4. The molecule has 566 valence electrons. The van der Waals surface area contributed by atoms with Gasteiger partial charge in [-0.2, -0.15) is 0 Å². The number of aromatic nitrogens is 1. The summed E-state index contributed by atoms with van der Waals surface area (Å²) in [5.41, 5.74) is -33.1. The summed E-state index contributed by atoms with van der Waals surface area (Å²) in [6.45, 7) is 0. The number of aliphatic imine (C=N–C) groups is 6. The van der Waals surface area contributed by atoms with Gasteiger partial charge in [0.1, 0.15) is 6.04 Å². The molecule has 8 aliphatic heterocycles. The second kappa shape index (κ2) is 26.9. The van der Waals surface area contributed by atoms with Gasteiger partial charge in [0.15, 0.2) is 140 Å². The van der Waals surface area contributed by atoms with E-state index in [0.29, 0.717) is 66.8 Å². The molecule has 15 rings (SSSR count). The highest BCUT2D eigenvalue weighted by Crippen LogP contribution is 2.45. The average Bonchev–Trinajstić information content (AvgIpc) is 1.62. The lowest BCUT2D eigenvalue weighted by Crippen LogP contribution is -2.31. The third kappa shape index (κ3) is 11.1. The Bertz CT molecular complexity index is 6280. The van der Waals surface area contributed by atoms with Gasteiger partial charge in [0.05, 0.1) is 108 Å². The van der Waals surface area contributed by atoms with E-state index in [1.54, 1.807) is 0 Å². The molecule has 38 heteroatoms. The summed E-state index contributed by atoms with van der Waals surface area (Å²) >= 11 is 0. The van der Waals surface area contributed by atoms with Crippen LogP contribution < -0.4 is 16.0 Å². The lowest BCUT2D eigenvalue weighted by atomic mass is 9.96. The lowest BCUT2D eigenvalue weighted by molar-refractivity contribution is 0.375. The molecule has 0 amide bonds. The van der Waals surface area contributed by atoms with Gasteiger partial charge in [-0.05, 0) is 85.0 Å². The first-order valence-corrected chi connectivity index (χ1v) is 30.9. The molecule has 0 radical (unpaired) electrons. The van der Waals surface area contributed by atoms with E-state index in [1.807, 2.05) is 0 Å². The van der Waals surface area contributed by atoms with Crippen LogP contribution in [0.3, 0.4) is 0 Å². The molecule has 0 spiro atoms. The highest BCUT2D eigenvalue weighted by atomic mass is 19.2. The first kappa shape index (κ1) is 74.4. The zero-order valence-electron chi connectivity index (χ0n) is 53.4. The van der Waals surface area contributed by atoms with Crippen molar-refractivity contribution in [1.82, 2.24) is 10.3 Å². The standard InChI is InChI=1S/C74H20F30N8/c75-45-39(46(76)58(88)69(99)57(45)87)33-21-5-1-17(105-21)18-2-6-22(106-18)34(40-47(77)59(89)70(100)60(90)48(40)78)26-10-14-31(110-26)38(44-55(85)67(97)74(104)68(98)56(44)86)32-16-12-28(112-32)36(42-51(81)63(93)72(102)64(94)52(42)82)24-8-4-20(108-24)19-3-7-23(107-19)35(41-49(79)61(91)71(101)62(92)50(41)80)27-11-15-30(111-27)37(29-13-9-25(33)109-29)43-53(83)65(95)73(103)66(96)54(43)84/h1-17,27,107,111H/b20-19?,33-25?,34-22+,35-23+,36-28+,37-30?,38-31?. The average molecular weight is 1590 g/mol. The molecule has 112 heavy (non-hydrogen) atoms. The Hall–Kier alpha value is -13.1. The van der Waals surface area contributed by atoms with E-state index in [4.69, 9.17) is 0 Å². The molecule has 2 unspecified atom stereocenters. The van der Waals surface area contributed by atoms with Crippen LogP contribution in [0.15, 0.2) is 156 Å². The third-order valence-corrected chi connectivity index (χ3v) is 17.9. The Labute approximate surface area is 600 Å². The Morgan fingerprint density at radius 1 is 0.223 bits per heavy atom. The SMILES string of the molecule is Fc1c(F)c(F)c(C2=C3C=CC(=N3)C(c3c(F)c(F)c(F)c(F)c3F)=C3C=CC(N3)/C(c3c(F)c(F)c(F)c(F)c3F)=c3/ccc([nH]3)=C3C=CC(=N3)/C(c3c(F)c(F)c(F)c(F)c3F)=C3/C=CC(=N3)C(c3c(F)c(F)c(F)c(F)c3F)=C3C=CC(=N3)/C(c3c(F)c(F)c(F)c(F)c3F)=C3/C=CC(=N3)C3C=CC2=N3)c(F)c1F. The molecule has 0 aliphatic carbocycles. The van der Waals surface area contributed by atoms with Crippen LogP contribution in [0.5, 0.6) is 0 Å². The lowest BCUT2D eigenvalue weighted by Gasteiger charge is -2.20. The smallest absolute Gasteiger partial charge is 0.200 e. The van der Waals surface area contributed by atoms with Crippen LogP contribution in [0.1, 0.15) is 33.4 Å². The first-order chi connectivity index (χ1) is 53.1. The normalized spacial score (nSPS) is 19.6. The third-order valence-electron chi connectivity index (χ3n) is 17.9. The monoisotopic (exact) mass is 1590 g/mol. The van der Waals surface area contributed by atoms with Gasteiger partial charge in [0.2, 0.25) is 34.9 Å². The van der Waals surface area contributed by atoms with E-state index in [9.17, 15) is 26.3 Å². The maximum atomic E-state index is 16.5. The molecule has 6 aromatic carbocycles. The second-order valence-corrected chi connectivity index (χ2v) is 24.1. The van der Waals surface area contributed by atoms with E-state index < -0.39 is 333 Å². The highest BCUT2D eigenvalue weighted by Gasteiger charge is 2.42. The number of aromatic amines is 1. The van der Waals surface area contributed by atoms with Crippen LogP contribution in [-0.4, -0.2) is 51.3 Å². The highest BCUT2D eigenvalue weighted by molar-refractivity contribution is 6.39. The van der Waals surface area contributed by atoms with E-state index in [0.717, 1.165) is 30.4 Å². The Kier molecular flexibility index (Phi) is 17.9. The fraction of sp³-hybridized carbons (Fsp3) is 0.0270. The van der Waals surface area contributed by atoms with Gasteiger partial charge in [0.25, 0.3) is 0 Å². The molecular weight excluding hydrogens is 1570 g/mol. The fourth-order valence-corrected chi connectivity index (χ4v) is 12.8. The molecule has 1 aromatic heterocycles. The molecule has 7 aromatic rings. The number of hydrogen-bond acceptors (Lipinski definition) is 7. The van der Waals surface area contributed by atoms with Crippen molar-refractivity contribution in [3.63, 3.8) is 0 Å². The van der Waals surface area contributed by atoms with Crippen LogP contribution in [0.4, 0.5) is 132 Å². The minimum atomic E-state index is -2.86. The Morgan fingerprint density at radius 3 is 0.848 bits per heavy atom. The van der Waals surface area contributed by atoms with E-state index in [1.165, 1.54) is 0 Å². The van der Waals surface area contributed by atoms with Crippen molar-refractivity contribution < 1.29 is 132 Å². The largest absolute Gasteiger partial charge is 0.374 e. The first-order valence-electron chi connectivity index (χ1n) is 30.9. The summed E-state index contributed by atoms with van der Waals surface area (Å²) in [5.74, 6) is -82.6. The number of rotatable bonds is 6. The van der Waals surface area contributed by atoms with E-state index in [-0.39, 0.29) is 0 Å². The molecular formula is C74H20F30N8. The van der Waals surface area contributed by atoms with Crippen molar-refractivity contribution in [3.05, 3.63) is 344 Å². The molecule has 0 saturated carbocycles. The fourth-order valence-electron chi connectivity index (χ4n) is 12.8. The van der Waals surface area contributed by atoms with Crippen molar-refractivity contribution in [2.24, 2.45) is 30.0 Å². The van der Waals surface area contributed by atoms with Crippen LogP contribution in [0.25, 0.3) is 39.1 Å². The van der Waals surface area contributed by atoms with Crippen LogP contribution in [0.2, 0.25) is 0 Å². The van der Waals surface area contributed by atoms with E-state index >= 15 is 105 Å². The van der Waals surface area contributed by atoms with Crippen LogP contribution in [0, 0.1) is 175 Å². The van der Waals surface area contributed by atoms with Crippen molar-refractivity contribution in [1.29, 1.82) is 0 Å². The van der Waals surface area contributed by atoms with Crippen molar-refractivity contribution in [2.75, 3.05) is 0 Å². The van der Waals surface area contributed by atoms with Crippen molar-refractivity contribution in [3.8, 4) is 0 Å². The van der Waals surface area contributed by atoms with Crippen molar-refractivity contribution in [2.45, 2.75) is 12.1 Å². The summed E-state index contributed by atoms with van der Waals surface area (Å²) in [4.78, 5) is 26.9. The minimum Gasteiger partial charge on any atom is -0.374 e. The maximum Gasteiger partial charge on any atom is 0.200 e. The Morgan fingerprint density at radius 2 is 0.491 bits per heavy atom. The number of hydrogen-bond donors (Lipinski definition) is 2. The van der Waals surface area contributed by atoms with Crippen LogP contribution in [-0.2, 0) is 0 Å². The molecule has 8 aliphatic rings. The zero-order chi connectivity index (χ0) is 80.5. The van der Waals surface area contributed by atoms with Crippen LogP contribution >= 0.6 is 0 Å². The molecule has 16 bridgehead atoms. The molecule has 9 heterocycles. The summed E-state index contributed by atoms with van der Waals surface area (Å²) in [6.07, 6.45) is 8.55. The Balaban J connectivity index is 1.07. The van der Waals surface area contributed by atoms with Gasteiger partial charge < -0.3 is 10.3 Å². The summed E-state index contributed by atoms with van der Waals surface area (Å²) < 4.78 is 473. The van der Waals surface area contributed by atoms with E-state index in [2.05, 4.69) is 40.3 Å². The van der Waals surface area contributed by atoms with Gasteiger partial charge in [-0.1, -0.05) is 12.2 Å².